The molecule has 22 heavy (non-hydrogen) atoms. The summed E-state index contributed by atoms with van der Waals surface area (Å²) in [6, 6.07) is 7.29. The van der Waals surface area contributed by atoms with Crippen molar-refractivity contribution in [1.29, 1.82) is 0 Å². The Morgan fingerprint density at radius 2 is 1.77 bits per heavy atom. The van der Waals surface area contributed by atoms with E-state index in [-0.39, 0.29) is 12.6 Å². The van der Waals surface area contributed by atoms with E-state index in [4.69, 9.17) is 27.0 Å². The third-order valence-electron chi connectivity index (χ3n) is 3.17. The molecule has 1 aromatic carbocycles. The first-order valence-electron chi connectivity index (χ1n) is 7.36. The van der Waals surface area contributed by atoms with E-state index in [2.05, 4.69) is 4.90 Å². The van der Waals surface area contributed by atoms with Gasteiger partial charge in [0.2, 0.25) is 0 Å². The summed E-state index contributed by atoms with van der Waals surface area (Å²) in [5.74, 6) is -0.460. The van der Waals surface area contributed by atoms with Crippen molar-refractivity contribution in [2.24, 2.45) is 17.2 Å². The highest BCUT2D eigenvalue weighted by molar-refractivity contribution is 5.68. The van der Waals surface area contributed by atoms with E-state index >= 15 is 0 Å². The van der Waals surface area contributed by atoms with Gasteiger partial charge in [0.15, 0.2) is 6.61 Å². The molecule has 7 heteroatoms. The van der Waals surface area contributed by atoms with Gasteiger partial charge >= 0.3 is 5.97 Å². The molecule has 0 saturated heterocycles. The summed E-state index contributed by atoms with van der Waals surface area (Å²) in [5, 5.41) is 8.56. The van der Waals surface area contributed by atoms with Crippen molar-refractivity contribution in [1.82, 2.24) is 4.90 Å². The van der Waals surface area contributed by atoms with Crippen molar-refractivity contribution in [2.45, 2.75) is 12.5 Å². The summed E-state index contributed by atoms with van der Waals surface area (Å²) >= 11 is 0. The number of nitrogens with zero attached hydrogens (tertiary/aromatic N) is 1. The number of ether oxygens (including phenoxy) is 1. The summed E-state index contributed by atoms with van der Waals surface area (Å²) < 4.78 is 5.09. The fraction of sp³-hybridized carbons (Fsp3) is 0.533. The summed E-state index contributed by atoms with van der Waals surface area (Å²) in [4.78, 5) is 12.6. The van der Waals surface area contributed by atoms with Crippen LogP contribution in [0.2, 0.25) is 0 Å². The topological polar surface area (TPSA) is 128 Å². The van der Waals surface area contributed by atoms with Crippen LogP contribution in [0.1, 0.15) is 5.56 Å². The molecule has 0 aliphatic rings. The van der Waals surface area contributed by atoms with Crippen molar-refractivity contribution in [2.75, 3.05) is 39.3 Å². The lowest BCUT2D eigenvalue weighted by Gasteiger charge is -2.24. The van der Waals surface area contributed by atoms with Crippen molar-refractivity contribution in [3.05, 3.63) is 29.8 Å². The van der Waals surface area contributed by atoms with E-state index in [1.54, 1.807) is 12.1 Å². The average Bonchev–Trinajstić information content (AvgIpc) is 2.47. The number of rotatable bonds is 11. The molecule has 0 bridgehead atoms. The maximum absolute atomic E-state index is 10.4. The molecule has 124 valence electrons. The third-order valence-corrected chi connectivity index (χ3v) is 3.17. The number of hydrogen-bond donors (Lipinski definition) is 4. The standard InChI is InChI=1S/C15H26N4O3/c16-5-7-19(8-6-17)10-13(18)9-12-1-3-14(4-2-12)22-11-15(20)21/h1-4,13H,5-11,16-18H2,(H,20,21). The number of carboxylic acid groups (broad SMARTS) is 1. The maximum Gasteiger partial charge on any atom is 0.341 e. The van der Waals surface area contributed by atoms with Gasteiger partial charge in [-0.25, -0.2) is 4.79 Å². The van der Waals surface area contributed by atoms with Crippen LogP contribution in [0.15, 0.2) is 24.3 Å². The quantitative estimate of drug-likeness (QED) is 0.423. The van der Waals surface area contributed by atoms with Crippen molar-refractivity contribution in [3.63, 3.8) is 0 Å². The highest BCUT2D eigenvalue weighted by Crippen LogP contribution is 2.13. The molecule has 0 heterocycles. The molecule has 7 N–H and O–H groups in total. The minimum Gasteiger partial charge on any atom is -0.482 e. The minimum atomic E-state index is -0.994. The monoisotopic (exact) mass is 310 g/mol. The molecule has 0 amide bonds. The summed E-state index contributed by atoms with van der Waals surface area (Å²) in [7, 11) is 0. The SMILES string of the molecule is NCCN(CCN)CC(N)Cc1ccc(OCC(=O)O)cc1. The molecule has 0 aromatic heterocycles. The van der Waals surface area contributed by atoms with Crippen molar-refractivity contribution in [3.8, 4) is 5.75 Å². The molecule has 0 aliphatic carbocycles. The van der Waals surface area contributed by atoms with Crippen LogP contribution in [0, 0.1) is 0 Å². The Bertz CT molecular complexity index is 433. The highest BCUT2D eigenvalue weighted by Gasteiger charge is 2.10. The molecule has 1 atom stereocenters. The van der Waals surface area contributed by atoms with Gasteiger partial charge in [0.05, 0.1) is 0 Å². The second-order valence-corrected chi connectivity index (χ2v) is 5.17. The van der Waals surface area contributed by atoms with Crippen LogP contribution in [-0.4, -0.2) is 61.3 Å². The average molecular weight is 310 g/mol. The Balaban J connectivity index is 2.46. The Kier molecular flexibility index (Phi) is 8.46. The highest BCUT2D eigenvalue weighted by atomic mass is 16.5. The summed E-state index contributed by atoms with van der Waals surface area (Å²) in [6.45, 7) is 3.14. The molecular weight excluding hydrogens is 284 g/mol. The zero-order chi connectivity index (χ0) is 16.4. The van der Waals surface area contributed by atoms with Gasteiger partial charge in [-0.3, -0.25) is 4.90 Å². The van der Waals surface area contributed by atoms with E-state index in [0.717, 1.165) is 31.6 Å². The van der Waals surface area contributed by atoms with Gasteiger partial charge in [0.1, 0.15) is 5.75 Å². The third kappa shape index (κ3) is 7.37. The first kappa shape index (κ1) is 18.4. The van der Waals surface area contributed by atoms with Gasteiger partial charge < -0.3 is 27.0 Å². The van der Waals surface area contributed by atoms with Gasteiger partial charge in [0.25, 0.3) is 0 Å². The van der Waals surface area contributed by atoms with Crippen LogP contribution in [0.5, 0.6) is 5.75 Å². The van der Waals surface area contributed by atoms with Crippen LogP contribution < -0.4 is 21.9 Å². The molecule has 7 nitrogen and oxygen atoms in total. The van der Waals surface area contributed by atoms with Gasteiger partial charge in [-0.2, -0.15) is 0 Å². The number of carbonyl (C=O) groups is 1. The summed E-state index contributed by atoms with van der Waals surface area (Å²) in [6.07, 6.45) is 0.727. The predicted molar refractivity (Wildman–Crippen MR) is 85.8 cm³/mol. The Morgan fingerprint density at radius 1 is 1.18 bits per heavy atom. The van der Waals surface area contributed by atoms with Gasteiger partial charge in [-0.1, -0.05) is 12.1 Å². The molecule has 1 aromatic rings. The Hall–Kier alpha value is -1.67. The smallest absolute Gasteiger partial charge is 0.341 e. The number of benzene rings is 1. The fourth-order valence-corrected chi connectivity index (χ4v) is 2.23. The van der Waals surface area contributed by atoms with E-state index in [0.29, 0.717) is 18.8 Å². The molecule has 1 rings (SSSR count). The number of nitrogens with two attached hydrogens (primary N) is 3. The molecule has 0 radical (unpaired) electrons. The van der Waals surface area contributed by atoms with E-state index in [9.17, 15) is 4.79 Å². The fourth-order valence-electron chi connectivity index (χ4n) is 2.23. The van der Waals surface area contributed by atoms with Crippen molar-refractivity contribution >= 4 is 5.97 Å². The lowest BCUT2D eigenvalue weighted by Crippen LogP contribution is -2.43. The van der Waals surface area contributed by atoms with Crippen LogP contribution in [0.4, 0.5) is 0 Å². The van der Waals surface area contributed by atoms with E-state index in [1.165, 1.54) is 0 Å². The van der Waals surface area contributed by atoms with Crippen LogP contribution >= 0.6 is 0 Å². The van der Waals surface area contributed by atoms with Crippen LogP contribution in [0.3, 0.4) is 0 Å². The Labute approximate surface area is 131 Å². The number of hydrogen-bond acceptors (Lipinski definition) is 6. The van der Waals surface area contributed by atoms with Crippen LogP contribution in [0.25, 0.3) is 0 Å². The van der Waals surface area contributed by atoms with Gasteiger partial charge in [0, 0.05) is 38.8 Å². The predicted octanol–water partition coefficient (Wildman–Crippen LogP) is -0.761. The molecule has 0 saturated carbocycles. The molecule has 1 unspecified atom stereocenters. The van der Waals surface area contributed by atoms with Gasteiger partial charge in [-0.05, 0) is 24.1 Å². The number of aliphatic carboxylic acids is 1. The molecule has 0 aliphatic heterocycles. The second kappa shape index (κ2) is 10.1. The zero-order valence-electron chi connectivity index (χ0n) is 12.8. The largest absolute Gasteiger partial charge is 0.482 e. The van der Waals surface area contributed by atoms with E-state index < -0.39 is 5.97 Å². The zero-order valence-corrected chi connectivity index (χ0v) is 12.8. The molecular formula is C15H26N4O3. The van der Waals surface area contributed by atoms with Crippen molar-refractivity contribution < 1.29 is 14.6 Å². The van der Waals surface area contributed by atoms with E-state index in [1.807, 2.05) is 12.1 Å². The van der Waals surface area contributed by atoms with Gasteiger partial charge in [-0.15, -0.1) is 0 Å². The Morgan fingerprint density at radius 3 is 2.27 bits per heavy atom. The first-order valence-corrected chi connectivity index (χ1v) is 7.36. The maximum atomic E-state index is 10.4. The summed E-state index contributed by atoms with van der Waals surface area (Å²) in [5.41, 5.74) is 18.4. The molecule has 0 spiro atoms. The lowest BCUT2D eigenvalue weighted by molar-refractivity contribution is -0.139. The second-order valence-electron chi connectivity index (χ2n) is 5.17. The minimum absolute atomic E-state index is 0.0103. The number of carboxylic acids is 1. The molecule has 0 fully saturated rings. The first-order chi connectivity index (χ1) is 10.5. The normalized spacial score (nSPS) is 12.4. The van der Waals surface area contributed by atoms with Crippen LogP contribution in [-0.2, 0) is 11.2 Å². The lowest BCUT2D eigenvalue weighted by atomic mass is 10.1.